The van der Waals surface area contributed by atoms with Crippen molar-refractivity contribution in [3.63, 3.8) is 0 Å². The highest BCUT2D eigenvalue weighted by Gasteiger charge is 2.23. The maximum Gasteiger partial charge on any atom is 0.266 e. The third kappa shape index (κ3) is 4.23. The molecule has 6 rings (SSSR count). The zero-order chi connectivity index (χ0) is 24.5. The molecule has 0 spiro atoms. The molecule has 0 N–H and O–H groups in total. The molecular formula is C29H25N3O2S2. The lowest BCUT2D eigenvalue weighted by atomic mass is 10.1. The van der Waals surface area contributed by atoms with E-state index in [1.54, 1.807) is 27.7 Å². The van der Waals surface area contributed by atoms with Crippen molar-refractivity contribution in [2.24, 2.45) is 0 Å². The largest absolute Gasteiger partial charge is 0.378 e. The second kappa shape index (κ2) is 9.93. The molecule has 3 aromatic carbocycles. The van der Waals surface area contributed by atoms with Crippen molar-refractivity contribution < 1.29 is 4.74 Å². The van der Waals surface area contributed by atoms with E-state index < -0.39 is 0 Å². The van der Waals surface area contributed by atoms with Crippen LogP contribution in [0.2, 0.25) is 0 Å². The first-order chi connectivity index (χ1) is 17.7. The monoisotopic (exact) mass is 511 g/mol. The van der Waals surface area contributed by atoms with E-state index in [0.29, 0.717) is 29.9 Å². The Bertz CT molecular complexity index is 1570. The number of aromatic nitrogens is 2. The number of thioether (sulfide) groups is 1. The number of nitrogens with zero attached hydrogens (tertiary/aromatic N) is 3. The molecule has 5 nitrogen and oxygen atoms in total. The normalized spacial score (nSPS) is 13.9. The average Bonchev–Trinajstić information content (AvgIpc) is 3.39. The molecule has 1 saturated heterocycles. The Morgan fingerprint density at radius 2 is 1.64 bits per heavy atom. The molecule has 5 aromatic rings. The lowest BCUT2D eigenvalue weighted by Crippen LogP contribution is -2.35. The van der Waals surface area contributed by atoms with Crippen LogP contribution in [0.3, 0.4) is 0 Å². The molecule has 0 amide bonds. The molecule has 0 unspecified atom stereocenters. The molecule has 0 aliphatic carbocycles. The first kappa shape index (κ1) is 23.0. The fourth-order valence-electron chi connectivity index (χ4n) is 4.58. The second-order valence-electron chi connectivity index (χ2n) is 8.59. The fraction of sp³-hybridized carbons (Fsp3) is 0.172. The van der Waals surface area contributed by atoms with Gasteiger partial charge in [-0.2, -0.15) is 0 Å². The minimum Gasteiger partial charge on any atom is -0.378 e. The van der Waals surface area contributed by atoms with Gasteiger partial charge in [-0.1, -0.05) is 42.5 Å². The van der Waals surface area contributed by atoms with Gasteiger partial charge in [-0.3, -0.25) is 9.36 Å². The molecule has 0 bridgehead atoms. The van der Waals surface area contributed by atoms with Gasteiger partial charge in [-0.25, -0.2) is 4.98 Å². The van der Waals surface area contributed by atoms with E-state index >= 15 is 0 Å². The van der Waals surface area contributed by atoms with Gasteiger partial charge in [0.15, 0.2) is 5.82 Å². The number of hydrogen-bond acceptors (Lipinski definition) is 6. The summed E-state index contributed by atoms with van der Waals surface area (Å²) in [6.45, 7) is 3.10. The van der Waals surface area contributed by atoms with Crippen LogP contribution in [-0.4, -0.2) is 42.1 Å². The Morgan fingerprint density at radius 1 is 0.917 bits per heavy atom. The molecule has 1 aliphatic heterocycles. The highest BCUT2D eigenvalue weighted by molar-refractivity contribution is 7.98. The van der Waals surface area contributed by atoms with Crippen molar-refractivity contribution in [2.75, 3.05) is 37.5 Å². The number of anilines is 1. The minimum absolute atomic E-state index is 0.0611. The van der Waals surface area contributed by atoms with Crippen molar-refractivity contribution in [3.05, 3.63) is 95.3 Å². The number of para-hydroxylation sites is 2. The number of morpholine rings is 1. The van der Waals surface area contributed by atoms with E-state index in [1.807, 2.05) is 54.6 Å². The quantitative estimate of drug-likeness (QED) is 0.258. The lowest BCUT2D eigenvalue weighted by Gasteiger charge is -2.28. The van der Waals surface area contributed by atoms with Gasteiger partial charge < -0.3 is 9.64 Å². The fourth-order valence-corrected chi connectivity index (χ4v) is 6.20. The van der Waals surface area contributed by atoms with Gasteiger partial charge in [0.2, 0.25) is 0 Å². The van der Waals surface area contributed by atoms with Crippen molar-refractivity contribution in [1.29, 1.82) is 0 Å². The SMILES string of the molecule is CSc1ccc(-c2cc(-c3nc4ccccc4c(=O)n3-c3ccccc3)sc2N2CCOCC2)cc1. The number of thiophene rings is 1. The smallest absolute Gasteiger partial charge is 0.266 e. The van der Waals surface area contributed by atoms with Gasteiger partial charge in [-0.15, -0.1) is 23.1 Å². The van der Waals surface area contributed by atoms with E-state index in [0.717, 1.165) is 34.8 Å². The Morgan fingerprint density at radius 3 is 2.39 bits per heavy atom. The van der Waals surface area contributed by atoms with Gasteiger partial charge in [0, 0.05) is 23.5 Å². The molecular weight excluding hydrogens is 486 g/mol. The standard InChI is InChI=1S/C29H25N3O2S2/c1-35-22-13-11-20(12-14-22)24-19-26(36-29(24)31-15-17-34-18-16-31)27-30-25-10-6-5-9-23(25)28(33)32(27)21-7-3-2-4-8-21/h2-14,19H,15-18H2,1H3. The van der Waals surface area contributed by atoms with Crippen molar-refractivity contribution >= 4 is 39.0 Å². The van der Waals surface area contributed by atoms with Gasteiger partial charge in [0.1, 0.15) is 0 Å². The van der Waals surface area contributed by atoms with Crippen molar-refractivity contribution in [3.8, 4) is 27.5 Å². The number of benzene rings is 3. The maximum atomic E-state index is 13.8. The van der Waals surface area contributed by atoms with E-state index in [1.165, 1.54) is 9.90 Å². The molecule has 3 heterocycles. The predicted molar refractivity (Wildman–Crippen MR) is 151 cm³/mol. The lowest BCUT2D eigenvalue weighted by molar-refractivity contribution is 0.123. The van der Waals surface area contributed by atoms with Gasteiger partial charge >= 0.3 is 0 Å². The van der Waals surface area contributed by atoms with Gasteiger partial charge in [-0.05, 0) is 54.3 Å². The van der Waals surface area contributed by atoms with Crippen LogP contribution in [0, 0.1) is 0 Å². The van der Waals surface area contributed by atoms with Crippen LogP contribution in [0.25, 0.3) is 38.4 Å². The molecule has 7 heteroatoms. The Kier molecular flexibility index (Phi) is 6.35. The van der Waals surface area contributed by atoms with E-state index in [9.17, 15) is 4.79 Å². The molecule has 36 heavy (non-hydrogen) atoms. The summed E-state index contributed by atoms with van der Waals surface area (Å²) in [5.41, 5.74) is 3.77. The number of rotatable bonds is 5. The number of fused-ring (bicyclic) bond motifs is 1. The van der Waals surface area contributed by atoms with E-state index in [2.05, 4.69) is 41.5 Å². The van der Waals surface area contributed by atoms with Crippen LogP contribution in [0.4, 0.5) is 5.00 Å². The third-order valence-corrected chi connectivity index (χ3v) is 8.36. The number of ether oxygens (including phenoxy) is 1. The van der Waals surface area contributed by atoms with Gasteiger partial charge in [0.05, 0.1) is 39.7 Å². The van der Waals surface area contributed by atoms with Crippen LogP contribution in [0.5, 0.6) is 0 Å². The summed E-state index contributed by atoms with van der Waals surface area (Å²) >= 11 is 3.43. The highest BCUT2D eigenvalue weighted by atomic mass is 32.2. The van der Waals surface area contributed by atoms with E-state index in [4.69, 9.17) is 9.72 Å². The summed E-state index contributed by atoms with van der Waals surface area (Å²) in [5, 5.41) is 1.80. The van der Waals surface area contributed by atoms with Crippen LogP contribution in [0.15, 0.2) is 94.6 Å². The Hall–Kier alpha value is -3.39. The Labute approximate surface area is 218 Å². The first-order valence-electron chi connectivity index (χ1n) is 11.9. The summed E-state index contributed by atoms with van der Waals surface area (Å²) in [4.78, 5) is 23.4. The predicted octanol–water partition coefficient (Wildman–Crippen LogP) is 6.34. The molecule has 180 valence electrons. The second-order valence-corrected chi connectivity index (χ2v) is 10.5. The summed E-state index contributed by atoms with van der Waals surface area (Å²) in [5.74, 6) is 0.663. The van der Waals surface area contributed by atoms with Crippen LogP contribution >= 0.6 is 23.1 Å². The molecule has 1 aliphatic rings. The average molecular weight is 512 g/mol. The summed E-state index contributed by atoms with van der Waals surface area (Å²) < 4.78 is 7.38. The first-order valence-corrected chi connectivity index (χ1v) is 14.0. The number of hydrogen-bond donors (Lipinski definition) is 0. The van der Waals surface area contributed by atoms with Crippen LogP contribution in [-0.2, 0) is 4.74 Å². The summed E-state index contributed by atoms with van der Waals surface area (Å²) in [7, 11) is 0. The zero-order valence-electron chi connectivity index (χ0n) is 19.9. The van der Waals surface area contributed by atoms with Crippen LogP contribution < -0.4 is 10.5 Å². The molecule has 1 fully saturated rings. The topological polar surface area (TPSA) is 47.4 Å². The third-order valence-electron chi connectivity index (χ3n) is 6.42. The minimum atomic E-state index is -0.0611. The van der Waals surface area contributed by atoms with Crippen LogP contribution in [0.1, 0.15) is 0 Å². The summed E-state index contributed by atoms with van der Waals surface area (Å²) in [6, 6.07) is 28.2. The van der Waals surface area contributed by atoms with Crippen molar-refractivity contribution in [1.82, 2.24) is 9.55 Å². The zero-order valence-corrected chi connectivity index (χ0v) is 21.5. The van der Waals surface area contributed by atoms with E-state index in [-0.39, 0.29) is 5.56 Å². The molecule has 0 saturated carbocycles. The molecule has 2 aromatic heterocycles. The Balaban J connectivity index is 1.59. The molecule has 0 atom stereocenters. The molecule has 0 radical (unpaired) electrons. The van der Waals surface area contributed by atoms with Crippen molar-refractivity contribution in [2.45, 2.75) is 4.90 Å². The summed E-state index contributed by atoms with van der Waals surface area (Å²) in [6.07, 6.45) is 2.09. The maximum absolute atomic E-state index is 13.8. The highest BCUT2D eigenvalue weighted by Crippen LogP contribution is 2.43. The van der Waals surface area contributed by atoms with Gasteiger partial charge in [0.25, 0.3) is 5.56 Å².